The number of carbonyl (C=O) groups is 1. The van der Waals surface area contributed by atoms with Crippen molar-refractivity contribution in [3.8, 4) is 6.07 Å². The molecule has 0 heterocycles. The van der Waals surface area contributed by atoms with Crippen molar-refractivity contribution in [1.82, 2.24) is 4.72 Å². The second-order valence-electron chi connectivity index (χ2n) is 2.73. The van der Waals surface area contributed by atoms with Gasteiger partial charge in [-0.05, 0) is 6.92 Å². The predicted molar refractivity (Wildman–Crippen MR) is 52.0 cm³/mol. The highest BCUT2D eigenvalue weighted by Gasteiger charge is 2.18. The van der Waals surface area contributed by atoms with E-state index in [0.29, 0.717) is 0 Å². The van der Waals surface area contributed by atoms with Gasteiger partial charge in [0, 0.05) is 6.54 Å². The summed E-state index contributed by atoms with van der Waals surface area (Å²) in [6, 6.07) is 1.60. The van der Waals surface area contributed by atoms with Crippen LogP contribution in [0.4, 0.5) is 0 Å². The number of nitriles is 1. The van der Waals surface area contributed by atoms with Crippen LogP contribution in [0.3, 0.4) is 0 Å². The van der Waals surface area contributed by atoms with Gasteiger partial charge in [0.2, 0.25) is 15.9 Å². The zero-order chi connectivity index (χ0) is 11.9. The van der Waals surface area contributed by atoms with Crippen LogP contribution in [0.1, 0.15) is 6.92 Å². The van der Waals surface area contributed by atoms with E-state index in [0.717, 1.165) is 0 Å². The molecule has 0 aliphatic heterocycles. The van der Waals surface area contributed by atoms with Crippen LogP contribution in [0.25, 0.3) is 0 Å². The van der Waals surface area contributed by atoms with Crippen molar-refractivity contribution >= 4 is 15.9 Å². The quantitative estimate of drug-likeness (QED) is 0.510. The smallest absolute Gasteiger partial charge is 0.243 e. The Morgan fingerprint density at radius 2 is 2.27 bits per heavy atom. The van der Waals surface area contributed by atoms with Crippen molar-refractivity contribution in [2.45, 2.75) is 12.2 Å². The minimum atomic E-state index is -3.62. The number of rotatable bonds is 7. The average molecular weight is 235 g/mol. The molecule has 7 nitrogen and oxygen atoms in total. The van der Waals surface area contributed by atoms with E-state index in [9.17, 15) is 13.2 Å². The Morgan fingerprint density at radius 3 is 2.73 bits per heavy atom. The highest BCUT2D eigenvalue weighted by atomic mass is 32.2. The maximum absolute atomic E-state index is 11.2. The van der Waals surface area contributed by atoms with E-state index in [1.54, 1.807) is 6.07 Å². The fourth-order valence-electron chi connectivity index (χ4n) is 0.623. The van der Waals surface area contributed by atoms with Crippen LogP contribution >= 0.6 is 0 Å². The van der Waals surface area contributed by atoms with Crippen molar-refractivity contribution < 1.29 is 17.9 Å². The van der Waals surface area contributed by atoms with E-state index in [1.165, 1.54) is 6.92 Å². The van der Waals surface area contributed by atoms with Crippen LogP contribution < -0.4 is 10.5 Å². The van der Waals surface area contributed by atoms with Gasteiger partial charge in [-0.3, -0.25) is 4.79 Å². The average Bonchev–Trinajstić information content (AvgIpc) is 2.15. The highest BCUT2D eigenvalue weighted by Crippen LogP contribution is 1.94. The van der Waals surface area contributed by atoms with E-state index in [1.807, 2.05) is 0 Å². The van der Waals surface area contributed by atoms with Crippen LogP contribution in [0.2, 0.25) is 0 Å². The molecule has 0 rings (SSSR count). The molecular formula is C7H13N3O4S. The summed E-state index contributed by atoms with van der Waals surface area (Å²) in [6.45, 7) is 1.05. The molecule has 3 N–H and O–H groups in total. The molecule has 0 aromatic heterocycles. The SMILES string of the molecule is CC(C#N)S(=O)(=O)NCCOCC(N)=O. The summed E-state index contributed by atoms with van der Waals surface area (Å²) >= 11 is 0. The van der Waals surface area contributed by atoms with Crippen molar-refractivity contribution in [3.63, 3.8) is 0 Å². The highest BCUT2D eigenvalue weighted by molar-refractivity contribution is 7.90. The van der Waals surface area contributed by atoms with Gasteiger partial charge in [-0.2, -0.15) is 5.26 Å². The van der Waals surface area contributed by atoms with Crippen molar-refractivity contribution in [2.24, 2.45) is 5.73 Å². The lowest BCUT2D eigenvalue weighted by molar-refractivity contribution is -0.122. The number of hydrogen-bond acceptors (Lipinski definition) is 5. The molecule has 0 aliphatic rings. The first-order valence-electron chi connectivity index (χ1n) is 4.14. The number of nitrogens with two attached hydrogens (primary N) is 1. The van der Waals surface area contributed by atoms with Crippen molar-refractivity contribution in [3.05, 3.63) is 0 Å². The monoisotopic (exact) mass is 235 g/mol. The standard InChI is InChI=1S/C7H13N3O4S/c1-6(4-8)15(12,13)10-2-3-14-5-7(9)11/h6,10H,2-3,5H2,1H3,(H2,9,11). The zero-order valence-corrected chi connectivity index (χ0v) is 9.08. The molecule has 0 aromatic rings. The molecule has 0 aromatic carbocycles. The van der Waals surface area contributed by atoms with Crippen molar-refractivity contribution in [2.75, 3.05) is 19.8 Å². The van der Waals surface area contributed by atoms with Crippen molar-refractivity contribution in [1.29, 1.82) is 5.26 Å². The third kappa shape index (κ3) is 6.01. The van der Waals surface area contributed by atoms with E-state index in [4.69, 9.17) is 15.7 Å². The number of nitrogens with zero attached hydrogens (tertiary/aromatic N) is 1. The second-order valence-corrected chi connectivity index (χ2v) is 4.82. The first-order valence-corrected chi connectivity index (χ1v) is 5.69. The Hall–Kier alpha value is -1.17. The molecule has 86 valence electrons. The third-order valence-electron chi connectivity index (χ3n) is 1.44. The summed E-state index contributed by atoms with van der Waals surface area (Å²) in [7, 11) is -3.62. The van der Waals surface area contributed by atoms with Gasteiger partial charge in [0.1, 0.15) is 6.61 Å². The molecular weight excluding hydrogens is 222 g/mol. The normalized spacial score (nSPS) is 13.1. The van der Waals surface area contributed by atoms with E-state index >= 15 is 0 Å². The molecule has 0 bridgehead atoms. The minimum absolute atomic E-state index is 0.00162. The molecule has 15 heavy (non-hydrogen) atoms. The number of ether oxygens (including phenoxy) is 1. The molecule has 0 saturated carbocycles. The molecule has 0 fully saturated rings. The third-order valence-corrected chi connectivity index (χ3v) is 3.08. The molecule has 8 heteroatoms. The Bertz CT molecular complexity index is 346. The summed E-state index contributed by atoms with van der Waals surface area (Å²) in [5.74, 6) is -0.622. The van der Waals surface area contributed by atoms with E-state index < -0.39 is 21.2 Å². The van der Waals surface area contributed by atoms with Gasteiger partial charge in [0.25, 0.3) is 0 Å². The van der Waals surface area contributed by atoms with Gasteiger partial charge in [-0.1, -0.05) is 0 Å². The molecule has 1 atom stereocenters. The van der Waals surface area contributed by atoms with Crippen LogP contribution in [0.5, 0.6) is 0 Å². The maximum atomic E-state index is 11.2. The summed E-state index contributed by atoms with van der Waals surface area (Å²) in [5, 5.41) is 7.27. The summed E-state index contributed by atoms with van der Waals surface area (Å²) < 4.78 is 29.2. The number of nitrogens with one attached hydrogen (secondary N) is 1. The molecule has 0 saturated heterocycles. The molecule has 0 radical (unpaired) electrons. The Labute approximate surface area is 88.2 Å². The minimum Gasteiger partial charge on any atom is -0.370 e. The van der Waals surface area contributed by atoms with Gasteiger partial charge in [-0.25, -0.2) is 13.1 Å². The van der Waals surface area contributed by atoms with Crippen LogP contribution in [0.15, 0.2) is 0 Å². The predicted octanol–water partition coefficient (Wildman–Crippen LogP) is -1.68. The van der Waals surface area contributed by atoms with E-state index in [2.05, 4.69) is 4.72 Å². The lowest BCUT2D eigenvalue weighted by Gasteiger charge is -2.07. The van der Waals surface area contributed by atoms with Crippen LogP contribution in [0, 0.1) is 11.3 Å². The lowest BCUT2D eigenvalue weighted by atomic mass is 10.5. The molecule has 1 amide bonds. The first-order chi connectivity index (χ1) is 6.90. The molecule has 0 spiro atoms. The fourth-order valence-corrected chi connectivity index (χ4v) is 1.38. The topological polar surface area (TPSA) is 122 Å². The molecule has 0 aliphatic carbocycles. The molecule has 1 unspecified atom stereocenters. The number of hydrogen-bond donors (Lipinski definition) is 2. The van der Waals surface area contributed by atoms with Gasteiger partial charge in [-0.15, -0.1) is 0 Å². The Kier molecular flexibility index (Phi) is 5.84. The summed E-state index contributed by atoms with van der Waals surface area (Å²) in [6.07, 6.45) is 0. The first kappa shape index (κ1) is 13.8. The Balaban J connectivity index is 3.78. The number of sulfonamides is 1. The summed E-state index contributed by atoms with van der Waals surface area (Å²) in [5.41, 5.74) is 4.78. The van der Waals surface area contributed by atoms with Crippen LogP contribution in [-0.2, 0) is 19.6 Å². The lowest BCUT2D eigenvalue weighted by Crippen LogP contribution is -2.34. The second kappa shape index (κ2) is 6.34. The van der Waals surface area contributed by atoms with Gasteiger partial charge >= 0.3 is 0 Å². The number of carbonyl (C=O) groups excluding carboxylic acids is 1. The fraction of sp³-hybridized carbons (Fsp3) is 0.714. The number of amides is 1. The zero-order valence-electron chi connectivity index (χ0n) is 8.26. The Morgan fingerprint density at radius 1 is 1.67 bits per heavy atom. The largest absolute Gasteiger partial charge is 0.370 e. The van der Waals surface area contributed by atoms with Gasteiger partial charge in [0.15, 0.2) is 5.25 Å². The van der Waals surface area contributed by atoms with Gasteiger partial charge in [0.05, 0.1) is 12.7 Å². The number of primary amides is 1. The van der Waals surface area contributed by atoms with E-state index in [-0.39, 0.29) is 19.8 Å². The summed E-state index contributed by atoms with van der Waals surface area (Å²) in [4.78, 5) is 10.2. The van der Waals surface area contributed by atoms with Crippen LogP contribution in [-0.4, -0.2) is 39.3 Å². The van der Waals surface area contributed by atoms with Gasteiger partial charge < -0.3 is 10.5 Å². The maximum Gasteiger partial charge on any atom is 0.243 e.